The van der Waals surface area contributed by atoms with Crippen LogP contribution in [0.15, 0.2) is 24.8 Å². The van der Waals surface area contributed by atoms with Crippen molar-refractivity contribution in [3.05, 3.63) is 36.2 Å². The van der Waals surface area contributed by atoms with Crippen molar-refractivity contribution < 1.29 is 4.79 Å². The summed E-state index contributed by atoms with van der Waals surface area (Å²) in [5.74, 6) is 0.600. The van der Waals surface area contributed by atoms with Gasteiger partial charge in [0.2, 0.25) is 0 Å². The Labute approximate surface area is 148 Å². The van der Waals surface area contributed by atoms with Crippen LogP contribution in [0.5, 0.6) is 0 Å². The van der Waals surface area contributed by atoms with Gasteiger partial charge in [-0.2, -0.15) is 0 Å². The molecule has 1 aliphatic rings. The quantitative estimate of drug-likeness (QED) is 0.835. The minimum atomic E-state index is -0.194. The molecule has 0 spiro atoms. The van der Waals surface area contributed by atoms with Gasteiger partial charge in [0.1, 0.15) is 0 Å². The van der Waals surface area contributed by atoms with E-state index in [-0.39, 0.29) is 11.9 Å². The average molecular weight is 342 g/mol. The third kappa shape index (κ3) is 5.34. The van der Waals surface area contributed by atoms with E-state index in [1.807, 2.05) is 6.92 Å². The summed E-state index contributed by atoms with van der Waals surface area (Å²) in [6.07, 6.45) is 15.2. The smallest absolute Gasteiger partial charge is 0.273 e. The van der Waals surface area contributed by atoms with E-state index in [0.29, 0.717) is 12.1 Å². The van der Waals surface area contributed by atoms with E-state index >= 15 is 0 Å². The standard InChI is InChI=1S/C18H26N6O/c1-14(11-16-12-19-8-9-20-16)21-18(25)17-13-24(23-22-17)10-7-15-5-3-2-4-6-15/h8-9,12-15H,2-7,10-11H2,1H3,(H,21,25)/t14-/m1/s1. The number of nitrogens with zero attached hydrogens (tertiary/aromatic N) is 5. The number of carbonyl (C=O) groups excluding carboxylic acids is 1. The van der Waals surface area contributed by atoms with E-state index in [9.17, 15) is 4.79 Å². The van der Waals surface area contributed by atoms with Gasteiger partial charge in [0.15, 0.2) is 5.69 Å². The molecule has 2 aromatic heterocycles. The van der Waals surface area contributed by atoms with Crippen molar-refractivity contribution in [1.82, 2.24) is 30.3 Å². The number of amides is 1. The predicted octanol–water partition coefficient (Wildman–Crippen LogP) is 2.40. The van der Waals surface area contributed by atoms with Crippen LogP contribution in [-0.2, 0) is 13.0 Å². The molecule has 0 unspecified atom stereocenters. The van der Waals surface area contributed by atoms with Crippen molar-refractivity contribution in [2.45, 2.75) is 64.5 Å². The van der Waals surface area contributed by atoms with E-state index in [4.69, 9.17) is 0 Å². The SMILES string of the molecule is C[C@H](Cc1cnccn1)NC(=O)c1cn(CCC2CCCCC2)nn1. The summed E-state index contributed by atoms with van der Waals surface area (Å²) in [5.41, 5.74) is 1.22. The van der Waals surface area contributed by atoms with Crippen LogP contribution in [0, 0.1) is 5.92 Å². The van der Waals surface area contributed by atoms with E-state index in [2.05, 4.69) is 25.6 Å². The largest absolute Gasteiger partial charge is 0.348 e. The Kier molecular flexibility index (Phi) is 6.09. The summed E-state index contributed by atoms with van der Waals surface area (Å²) in [6, 6.07) is -0.0448. The van der Waals surface area contributed by atoms with Crippen molar-refractivity contribution >= 4 is 5.91 Å². The van der Waals surface area contributed by atoms with Crippen LogP contribution in [0.3, 0.4) is 0 Å². The Morgan fingerprint density at radius 2 is 2.16 bits per heavy atom. The first-order valence-corrected chi connectivity index (χ1v) is 9.16. The molecule has 2 heterocycles. The molecular formula is C18H26N6O. The fourth-order valence-corrected chi connectivity index (χ4v) is 3.40. The molecule has 3 rings (SSSR count). The first kappa shape index (κ1) is 17.5. The summed E-state index contributed by atoms with van der Waals surface area (Å²) < 4.78 is 1.79. The fourth-order valence-electron chi connectivity index (χ4n) is 3.40. The molecule has 25 heavy (non-hydrogen) atoms. The highest BCUT2D eigenvalue weighted by Gasteiger charge is 2.16. The number of hydrogen-bond acceptors (Lipinski definition) is 5. The van der Waals surface area contributed by atoms with Crippen molar-refractivity contribution in [1.29, 1.82) is 0 Å². The molecule has 1 aliphatic carbocycles. The van der Waals surface area contributed by atoms with Gasteiger partial charge in [-0.1, -0.05) is 37.3 Å². The van der Waals surface area contributed by atoms with E-state index < -0.39 is 0 Å². The molecule has 1 saturated carbocycles. The molecule has 0 saturated heterocycles. The minimum absolute atomic E-state index is 0.0448. The van der Waals surface area contributed by atoms with Gasteiger partial charge in [-0.3, -0.25) is 19.4 Å². The van der Waals surface area contributed by atoms with Crippen LogP contribution in [0.1, 0.15) is 61.6 Å². The number of aromatic nitrogens is 5. The van der Waals surface area contributed by atoms with Crippen molar-refractivity contribution in [2.24, 2.45) is 5.92 Å². The Morgan fingerprint density at radius 1 is 1.32 bits per heavy atom. The molecule has 0 bridgehead atoms. The number of carbonyl (C=O) groups is 1. The van der Waals surface area contributed by atoms with Gasteiger partial charge in [0, 0.05) is 37.6 Å². The van der Waals surface area contributed by atoms with E-state index in [0.717, 1.165) is 24.6 Å². The highest BCUT2D eigenvalue weighted by atomic mass is 16.2. The Morgan fingerprint density at radius 3 is 2.92 bits per heavy atom. The summed E-state index contributed by atoms with van der Waals surface area (Å²) in [4.78, 5) is 20.6. The first-order chi connectivity index (χ1) is 12.2. The van der Waals surface area contributed by atoms with Crippen LogP contribution in [0.2, 0.25) is 0 Å². The maximum Gasteiger partial charge on any atom is 0.273 e. The summed E-state index contributed by atoms with van der Waals surface area (Å²) in [5, 5.41) is 11.1. The van der Waals surface area contributed by atoms with Gasteiger partial charge in [0.25, 0.3) is 5.91 Å². The van der Waals surface area contributed by atoms with E-state index in [1.165, 1.54) is 32.1 Å². The fraction of sp³-hybridized carbons (Fsp3) is 0.611. The first-order valence-electron chi connectivity index (χ1n) is 9.16. The zero-order valence-corrected chi connectivity index (χ0v) is 14.8. The highest BCUT2D eigenvalue weighted by molar-refractivity contribution is 5.92. The Hall–Kier alpha value is -2.31. The number of hydrogen-bond donors (Lipinski definition) is 1. The Balaban J connectivity index is 1.46. The molecule has 0 aromatic carbocycles. The molecule has 7 heteroatoms. The zero-order valence-electron chi connectivity index (χ0n) is 14.8. The van der Waals surface area contributed by atoms with Gasteiger partial charge in [-0.05, 0) is 19.3 Å². The lowest BCUT2D eigenvalue weighted by Crippen LogP contribution is -2.34. The monoisotopic (exact) mass is 342 g/mol. The molecule has 0 radical (unpaired) electrons. The topological polar surface area (TPSA) is 85.6 Å². The van der Waals surface area contributed by atoms with Crippen LogP contribution in [0.4, 0.5) is 0 Å². The predicted molar refractivity (Wildman–Crippen MR) is 93.9 cm³/mol. The number of aryl methyl sites for hydroxylation is 1. The lowest BCUT2D eigenvalue weighted by molar-refractivity contribution is 0.0935. The number of nitrogens with one attached hydrogen (secondary N) is 1. The molecule has 1 atom stereocenters. The van der Waals surface area contributed by atoms with Gasteiger partial charge >= 0.3 is 0 Å². The molecule has 0 aliphatic heterocycles. The molecule has 7 nitrogen and oxygen atoms in total. The molecule has 1 amide bonds. The van der Waals surface area contributed by atoms with Crippen LogP contribution in [-0.4, -0.2) is 36.9 Å². The lowest BCUT2D eigenvalue weighted by atomic mass is 9.87. The average Bonchev–Trinajstić information content (AvgIpc) is 3.11. The zero-order chi connectivity index (χ0) is 17.5. The lowest BCUT2D eigenvalue weighted by Gasteiger charge is -2.20. The van der Waals surface area contributed by atoms with Gasteiger partial charge in [0.05, 0.1) is 11.9 Å². The van der Waals surface area contributed by atoms with Gasteiger partial charge in [-0.15, -0.1) is 5.10 Å². The second-order valence-electron chi connectivity index (χ2n) is 6.93. The molecular weight excluding hydrogens is 316 g/mol. The van der Waals surface area contributed by atoms with E-state index in [1.54, 1.807) is 29.5 Å². The third-order valence-corrected chi connectivity index (χ3v) is 4.77. The van der Waals surface area contributed by atoms with Gasteiger partial charge < -0.3 is 5.32 Å². The molecule has 1 N–H and O–H groups in total. The van der Waals surface area contributed by atoms with Crippen LogP contribution in [0.25, 0.3) is 0 Å². The maximum atomic E-state index is 12.3. The van der Waals surface area contributed by atoms with Gasteiger partial charge in [-0.25, -0.2) is 0 Å². The van der Waals surface area contributed by atoms with Crippen LogP contribution >= 0.6 is 0 Å². The minimum Gasteiger partial charge on any atom is -0.348 e. The molecule has 1 fully saturated rings. The van der Waals surface area contributed by atoms with Crippen molar-refractivity contribution in [3.63, 3.8) is 0 Å². The third-order valence-electron chi connectivity index (χ3n) is 4.77. The summed E-state index contributed by atoms with van der Waals surface area (Å²) in [6.45, 7) is 2.78. The normalized spacial score (nSPS) is 16.5. The van der Waals surface area contributed by atoms with Crippen molar-refractivity contribution in [2.75, 3.05) is 0 Å². The summed E-state index contributed by atoms with van der Waals surface area (Å²) in [7, 11) is 0. The second-order valence-corrected chi connectivity index (χ2v) is 6.93. The number of rotatable bonds is 7. The Bertz CT molecular complexity index is 665. The summed E-state index contributed by atoms with van der Waals surface area (Å²) >= 11 is 0. The molecule has 2 aromatic rings. The highest BCUT2D eigenvalue weighted by Crippen LogP contribution is 2.26. The van der Waals surface area contributed by atoms with Crippen LogP contribution < -0.4 is 5.32 Å². The van der Waals surface area contributed by atoms with Crippen molar-refractivity contribution in [3.8, 4) is 0 Å². The second kappa shape index (κ2) is 8.69. The molecule has 134 valence electrons. The maximum absolute atomic E-state index is 12.3.